The Labute approximate surface area is 103 Å². The summed E-state index contributed by atoms with van der Waals surface area (Å²) in [7, 11) is 0. The van der Waals surface area contributed by atoms with Gasteiger partial charge >= 0.3 is 0 Å². The highest BCUT2D eigenvalue weighted by Gasteiger charge is 2.35. The summed E-state index contributed by atoms with van der Waals surface area (Å²) in [5.41, 5.74) is 2.21. The number of nitrogens with zero attached hydrogens (tertiary/aromatic N) is 4. The van der Waals surface area contributed by atoms with Crippen molar-refractivity contribution in [3.8, 4) is 0 Å². The number of fused-ring (bicyclic) bond motifs is 1. The highest BCUT2D eigenvalue weighted by Crippen LogP contribution is 2.31. The topological polar surface area (TPSA) is 93.3 Å². The van der Waals surface area contributed by atoms with Gasteiger partial charge in [-0.05, 0) is 6.92 Å². The van der Waals surface area contributed by atoms with Crippen LogP contribution >= 0.6 is 0 Å². The van der Waals surface area contributed by atoms with E-state index in [1.54, 1.807) is 6.33 Å². The lowest BCUT2D eigenvalue weighted by Crippen LogP contribution is -2.24. The molecule has 1 aliphatic rings. The SMILES string of the molecule is Cc1ncnc2ncn([C@H]3C[C@H](O)[C@@H](CO)O3)c12. The van der Waals surface area contributed by atoms with Crippen molar-refractivity contribution in [2.45, 2.75) is 31.8 Å². The summed E-state index contributed by atoms with van der Waals surface area (Å²) < 4.78 is 7.41. The van der Waals surface area contributed by atoms with Crippen LogP contribution in [0.2, 0.25) is 0 Å². The van der Waals surface area contributed by atoms with Gasteiger partial charge in [-0.2, -0.15) is 0 Å². The van der Waals surface area contributed by atoms with E-state index in [9.17, 15) is 5.11 Å². The smallest absolute Gasteiger partial charge is 0.181 e. The van der Waals surface area contributed by atoms with Crippen LogP contribution in [0.3, 0.4) is 0 Å². The minimum Gasteiger partial charge on any atom is -0.394 e. The molecule has 0 amide bonds. The monoisotopic (exact) mass is 250 g/mol. The lowest BCUT2D eigenvalue weighted by atomic mass is 10.2. The number of imidazole rings is 1. The molecule has 2 aromatic rings. The van der Waals surface area contributed by atoms with Gasteiger partial charge in [-0.25, -0.2) is 15.0 Å². The summed E-state index contributed by atoms with van der Waals surface area (Å²) in [5.74, 6) is 0. The average Bonchev–Trinajstić information content (AvgIpc) is 2.93. The van der Waals surface area contributed by atoms with Crippen LogP contribution in [-0.2, 0) is 4.74 Å². The largest absolute Gasteiger partial charge is 0.394 e. The molecule has 18 heavy (non-hydrogen) atoms. The van der Waals surface area contributed by atoms with E-state index in [1.807, 2.05) is 11.5 Å². The number of aryl methyl sites for hydroxylation is 1. The summed E-state index contributed by atoms with van der Waals surface area (Å²) in [4.78, 5) is 12.4. The van der Waals surface area contributed by atoms with Crippen molar-refractivity contribution in [3.05, 3.63) is 18.3 Å². The highest BCUT2D eigenvalue weighted by molar-refractivity contribution is 5.72. The molecule has 1 saturated heterocycles. The Morgan fingerprint density at radius 3 is 3.00 bits per heavy atom. The third-order valence-electron chi connectivity index (χ3n) is 3.24. The molecule has 1 fully saturated rings. The Kier molecular flexibility index (Phi) is 2.73. The Bertz CT molecular complexity index is 570. The van der Waals surface area contributed by atoms with Crippen LogP contribution < -0.4 is 0 Å². The maximum Gasteiger partial charge on any atom is 0.181 e. The van der Waals surface area contributed by atoms with E-state index in [0.717, 1.165) is 11.2 Å². The van der Waals surface area contributed by atoms with Gasteiger partial charge in [0.1, 0.15) is 24.2 Å². The lowest BCUT2D eigenvalue weighted by Gasteiger charge is -2.14. The quantitative estimate of drug-likeness (QED) is 0.765. The number of hydrogen-bond donors (Lipinski definition) is 2. The molecule has 3 heterocycles. The van der Waals surface area contributed by atoms with Crippen LogP contribution in [0.4, 0.5) is 0 Å². The molecule has 0 saturated carbocycles. The van der Waals surface area contributed by atoms with Gasteiger partial charge < -0.3 is 19.5 Å². The van der Waals surface area contributed by atoms with Crippen LogP contribution in [0.15, 0.2) is 12.7 Å². The minimum atomic E-state index is -0.664. The molecule has 1 aliphatic heterocycles. The predicted molar refractivity (Wildman–Crippen MR) is 61.7 cm³/mol. The number of aliphatic hydroxyl groups excluding tert-OH is 2. The maximum atomic E-state index is 9.75. The van der Waals surface area contributed by atoms with Gasteiger partial charge in [0.05, 0.1) is 24.7 Å². The van der Waals surface area contributed by atoms with Crippen molar-refractivity contribution in [3.63, 3.8) is 0 Å². The second kappa shape index (κ2) is 4.27. The molecule has 2 N–H and O–H groups in total. The maximum absolute atomic E-state index is 9.75. The zero-order valence-corrected chi connectivity index (χ0v) is 9.89. The number of hydrogen-bond acceptors (Lipinski definition) is 6. The van der Waals surface area contributed by atoms with E-state index in [2.05, 4.69) is 15.0 Å². The normalized spacial score (nSPS) is 28.1. The molecule has 96 valence electrons. The molecular weight excluding hydrogens is 236 g/mol. The molecular formula is C11H14N4O3. The fourth-order valence-electron chi connectivity index (χ4n) is 2.29. The standard InChI is InChI=1S/C11H14N4O3/c1-6-10-11(13-4-12-6)14-5-15(10)9-2-7(17)8(3-16)18-9/h4-5,7-9,16-17H,2-3H2,1H3/t7-,8+,9+/m0/s1. The van der Waals surface area contributed by atoms with Crippen LogP contribution in [0.25, 0.3) is 11.2 Å². The first-order valence-electron chi connectivity index (χ1n) is 5.79. The van der Waals surface area contributed by atoms with Gasteiger partial charge in [-0.15, -0.1) is 0 Å². The first kappa shape index (κ1) is 11.5. The van der Waals surface area contributed by atoms with Crippen LogP contribution in [-0.4, -0.2) is 48.5 Å². The third kappa shape index (κ3) is 1.67. The van der Waals surface area contributed by atoms with Gasteiger partial charge in [-0.3, -0.25) is 0 Å². The van der Waals surface area contributed by atoms with Crippen LogP contribution in [0, 0.1) is 6.92 Å². The molecule has 7 nitrogen and oxygen atoms in total. The Morgan fingerprint density at radius 2 is 2.28 bits per heavy atom. The average molecular weight is 250 g/mol. The molecule has 7 heteroatoms. The molecule has 0 aliphatic carbocycles. The third-order valence-corrected chi connectivity index (χ3v) is 3.24. The fraction of sp³-hybridized carbons (Fsp3) is 0.545. The number of ether oxygens (including phenoxy) is 1. The number of aliphatic hydroxyl groups is 2. The van der Waals surface area contributed by atoms with Crippen molar-refractivity contribution in [2.75, 3.05) is 6.61 Å². The van der Waals surface area contributed by atoms with Crippen molar-refractivity contribution >= 4 is 11.2 Å². The predicted octanol–water partition coefficient (Wildman–Crippen LogP) is -0.225. The summed E-state index contributed by atoms with van der Waals surface area (Å²) >= 11 is 0. The Morgan fingerprint density at radius 1 is 1.44 bits per heavy atom. The zero-order valence-electron chi connectivity index (χ0n) is 9.89. The number of aromatic nitrogens is 4. The molecule has 0 bridgehead atoms. The first-order valence-corrected chi connectivity index (χ1v) is 5.79. The second-order valence-electron chi connectivity index (χ2n) is 4.40. The second-order valence-corrected chi connectivity index (χ2v) is 4.40. The molecule has 3 atom stereocenters. The van der Waals surface area contributed by atoms with Crippen molar-refractivity contribution < 1.29 is 14.9 Å². The van der Waals surface area contributed by atoms with E-state index in [-0.39, 0.29) is 12.8 Å². The van der Waals surface area contributed by atoms with E-state index >= 15 is 0 Å². The van der Waals surface area contributed by atoms with E-state index in [0.29, 0.717) is 12.1 Å². The van der Waals surface area contributed by atoms with Gasteiger partial charge in [0.2, 0.25) is 0 Å². The highest BCUT2D eigenvalue weighted by atomic mass is 16.5. The van der Waals surface area contributed by atoms with Gasteiger partial charge in [0.15, 0.2) is 5.65 Å². The van der Waals surface area contributed by atoms with Crippen LogP contribution in [0.1, 0.15) is 18.3 Å². The summed E-state index contributed by atoms with van der Waals surface area (Å²) in [6.07, 6.45) is 1.97. The van der Waals surface area contributed by atoms with Gasteiger partial charge in [0.25, 0.3) is 0 Å². The Balaban J connectivity index is 2.01. The van der Waals surface area contributed by atoms with Gasteiger partial charge in [-0.1, -0.05) is 0 Å². The van der Waals surface area contributed by atoms with Crippen molar-refractivity contribution in [1.82, 2.24) is 19.5 Å². The van der Waals surface area contributed by atoms with E-state index in [4.69, 9.17) is 9.84 Å². The molecule has 0 radical (unpaired) electrons. The van der Waals surface area contributed by atoms with E-state index < -0.39 is 12.2 Å². The summed E-state index contributed by atoms with van der Waals surface area (Å²) in [6.45, 7) is 1.68. The summed E-state index contributed by atoms with van der Waals surface area (Å²) in [6, 6.07) is 0. The fourth-order valence-corrected chi connectivity index (χ4v) is 2.29. The Hall–Kier alpha value is -1.57. The van der Waals surface area contributed by atoms with Crippen molar-refractivity contribution in [2.24, 2.45) is 0 Å². The molecule has 0 unspecified atom stereocenters. The van der Waals surface area contributed by atoms with Gasteiger partial charge in [0, 0.05) is 6.42 Å². The lowest BCUT2D eigenvalue weighted by molar-refractivity contribution is -0.0431. The van der Waals surface area contributed by atoms with Crippen molar-refractivity contribution in [1.29, 1.82) is 0 Å². The molecule has 3 rings (SSSR count). The summed E-state index contributed by atoms with van der Waals surface area (Å²) in [5, 5.41) is 18.8. The zero-order chi connectivity index (χ0) is 12.7. The first-order chi connectivity index (χ1) is 8.70. The molecule has 0 aromatic carbocycles. The molecule has 2 aromatic heterocycles. The minimum absolute atomic E-state index is 0.195. The van der Waals surface area contributed by atoms with E-state index in [1.165, 1.54) is 6.33 Å². The van der Waals surface area contributed by atoms with Crippen LogP contribution in [0.5, 0.6) is 0 Å². The number of rotatable bonds is 2. The molecule has 0 spiro atoms.